The summed E-state index contributed by atoms with van der Waals surface area (Å²) in [7, 11) is -4.15. The number of benzene rings is 1. The zero-order chi connectivity index (χ0) is 32.6. The molecule has 44 heavy (non-hydrogen) atoms. The summed E-state index contributed by atoms with van der Waals surface area (Å²) in [6.45, 7) is 15.8. The van der Waals surface area contributed by atoms with Crippen molar-refractivity contribution in [2.45, 2.75) is 53.9 Å². The SMILES string of the molecule is Cc1ccc(-n2nc(C(C)(C)C)cc2N(OS(C)(=O)=O)C(=O)Nc2cnc(N3CCN(C(=O)C(C)(C)C)CC3)cc2Cl)cc1. The molecule has 4 rings (SSSR count). The molecule has 238 valence electrons. The number of aryl methyl sites for hydroxylation is 1. The van der Waals surface area contributed by atoms with Crippen molar-refractivity contribution in [3.63, 3.8) is 0 Å². The van der Waals surface area contributed by atoms with Crippen LogP contribution in [-0.4, -0.2) is 72.5 Å². The van der Waals surface area contributed by atoms with E-state index in [2.05, 4.69) is 15.4 Å². The van der Waals surface area contributed by atoms with Crippen LogP contribution in [0, 0.1) is 12.3 Å². The molecular formula is C30H40ClN7O5S. The molecule has 0 aliphatic carbocycles. The van der Waals surface area contributed by atoms with E-state index in [0.717, 1.165) is 11.8 Å². The van der Waals surface area contributed by atoms with Crippen molar-refractivity contribution >= 4 is 51.0 Å². The molecule has 14 heteroatoms. The largest absolute Gasteiger partial charge is 0.353 e. The summed E-state index contributed by atoms with van der Waals surface area (Å²) in [5.41, 5.74) is 1.50. The van der Waals surface area contributed by atoms with Gasteiger partial charge in [-0.15, -0.1) is 9.35 Å². The lowest BCUT2D eigenvalue weighted by molar-refractivity contribution is -0.139. The first-order chi connectivity index (χ1) is 20.3. The van der Waals surface area contributed by atoms with Crippen LogP contribution in [0.3, 0.4) is 0 Å². The number of urea groups is 1. The molecule has 12 nitrogen and oxygen atoms in total. The Hall–Kier alpha value is -3.68. The fraction of sp³-hybridized carbons (Fsp3) is 0.467. The molecule has 1 saturated heterocycles. The van der Waals surface area contributed by atoms with Gasteiger partial charge in [0.1, 0.15) is 5.82 Å². The Morgan fingerprint density at radius 2 is 1.61 bits per heavy atom. The molecule has 3 heterocycles. The number of hydrogen-bond acceptors (Lipinski definition) is 8. The predicted molar refractivity (Wildman–Crippen MR) is 172 cm³/mol. The van der Waals surface area contributed by atoms with Crippen LogP contribution in [0.4, 0.5) is 22.1 Å². The maximum atomic E-state index is 13.7. The van der Waals surface area contributed by atoms with E-state index in [9.17, 15) is 18.0 Å². The number of anilines is 3. The average Bonchev–Trinajstić information content (AvgIpc) is 3.38. The fourth-order valence-electron chi connectivity index (χ4n) is 4.53. The molecule has 3 amide bonds. The van der Waals surface area contributed by atoms with Crippen molar-refractivity contribution in [2.75, 3.05) is 47.7 Å². The third-order valence-corrected chi connectivity index (χ3v) is 7.69. The van der Waals surface area contributed by atoms with E-state index in [-0.39, 0.29) is 22.4 Å². The molecule has 1 fully saturated rings. The van der Waals surface area contributed by atoms with Crippen LogP contribution in [0.25, 0.3) is 5.69 Å². The van der Waals surface area contributed by atoms with Crippen molar-refractivity contribution in [1.82, 2.24) is 19.7 Å². The number of nitrogens with zero attached hydrogens (tertiary/aromatic N) is 6. The third kappa shape index (κ3) is 7.88. The number of carbonyl (C=O) groups is 2. The summed E-state index contributed by atoms with van der Waals surface area (Å²) in [6, 6.07) is 9.70. The summed E-state index contributed by atoms with van der Waals surface area (Å²) in [5.74, 6) is 0.762. The second kappa shape index (κ2) is 12.4. The lowest BCUT2D eigenvalue weighted by Gasteiger charge is -2.38. The predicted octanol–water partition coefficient (Wildman–Crippen LogP) is 5.15. The van der Waals surface area contributed by atoms with E-state index in [4.69, 9.17) is 15.9 Å². The number of piperazine rings is 1. The Balaban J connectivity index is 1.60. The van der Waals surface area contributed by atoms with Crippen LogP contribution in [0.2, 0.25) is 5.02 Å². The maximum Gasteiger partial charge on any atom is 0.353 e. The Morgan fingerprint density at radius 1 is 1.00 bits per heavy atom. The standard InChI is InChI=1S/C30H40ClN7O5S/c1-20-9-11-21(12-10-20)37-26(18-24(34-37)29(2,3)4)38(43-44(8,41)42)28(40)33-23-19-32-25(17-22(23)31)35-13-15-36(16-14-35)27(39)30(5,6)7/h9-12,17-19H,13-16H2,1-8H3,(H,33,40). The van der Waals surface area contributed by atoms with Crippen LogP contribution in [0.5, 0.6) is 0 Å². The minimum atomic E-state index is -4.15. The first-order valence-electron chi connectivity index (χ1n) is 14.2. The van der Waals surface area contributed by atoms with Gasteiger partial charge in [-0.25, -0.2) is 14.5 Å². The third-order valence-electron chi connectivity index (χ3n) is 6.95. The normalized spacial score (nSPS) is 14.5. The van der Waals surface area contributed by atoms with Crippen LogP contribution in [-0.2, 0) is 24.6 Å². The molecule has 0 bridgehead atoms. The summed E-state index contributed by atoms with van der Waals surface area (Å²) >= 11 is 6.58. The zero-order valence-corrected chi connectivity index (χ0v) is 28.0. The number of aromatic nitrogens is 3. The molecular weight excluding hydrogens is 606 g/mol. The molecule has 0 saturated carbocycles. The van der Waals surface area contributed by atoms with E-state index < -0.39 is 27.0 Å². The van der Waals surface area contributed by atoms with Crippen LogP contribution in [0.15, 0.2) is 42.6 Å². The smallest absolute Gasteiger partial charge is 0.353 e. The molecule has 1 N–H and O–H groups in total. The fourth-order valence-corrected chi connectivity index (χ4v) is 5.14. The molecule has 0 unspecified atom stereocenters. The van der Waals surface area contributed by atoms with Crippen molar-refractivity contribution in [1.29, 1.82) is 0 Å². The summed E-state index contributed by atoms with van der Waals surface area (Å²) in [4.78, 5) is 34.6. The van der Waals surface area contributed by atoms with Gasteiger partial charge in [0.25, 0.3) is 10.1 Å². The van der Waals surface area contributed by atoms with Gasteiger partial charge in [0.2, 0.25) is 5.91 Å². The lowest BCUT2D eigenvalue weighted by atomic mass is 9.92. The van der Waals surface area contributed by atoms with Gasteiger partial charge in [-0.3, -0.25) is 4.79 Å². The molecule has 1 aromatic carbocycles. The van der Waals surface area contributed by atoms with Gasteiger partial charge in [0.05, 0.1) is 34.5 Å². The van der Waals surface area contributed by atoms with Crippen LogP contribution >= 0.6 is 11.6 Å². The van der Waals surface area contributed by atoms with Gasteiger partial charge in [-0.05, 0) is 19.1 Å². The number of rotatable bonds is 6. The number of carbonyl (C=O) groups excluding carboxylic acids is 2. The van der Waals surface area contributed by atoms with Gasteiger partial charge in [-0.1, -0.05) is 70.8 Å². The molecule has 1 aliphatic heterocycles. The quantitative estimate of drug-likeness (QED) is 0.364. The van der Waals surface area contributed by atoms with E-state index in [0.29, 0.717) is 48.4 Å². The highest BCUT2D eigenvalue weighted by atomic mass is 35.5. The van der Waals surface area contributed by atoms with Crippen molar-refractivity contribution < 1.29 is 22.3 Å². The second-order valence-electron chi connectivity index (χ2n) is 12.9. The average molecular weight is 646 g/mol. The van der Waals surface area contributed by atoms with Crippen molar-refractivity contribution in [3.05, 3.63) is 58.9 Å². The van der Waals surface area contributed by atoms with Crippen LogP contribution < -0.4 is 15.3 Å². The number of pyridine rings is 1. The minimum Gasteiger partial charge on any atom is -0.353 e. The zero-order valence-electron chi connectivity index (χ0n) is 26.4. The minimum absolute atomic E-state index is 0.0741. The van der Waals surface area contributed by atoms with Gasteiger partial charge >= 0.3 is 6.03 Å². The van der Waals surface area contributed by atoms with Crippen molar-refractivity contribution in [2.24, 2.45) is 5.41 Å². The summed E-state index contributed by atoms with van der Waals surface area (Å²) < 4.78 is 31.3. The van der Waals surface area contributed by atoms with E-state index in [1.54, 1.807) is 12.1 Å². The Morgan fingerprint density at radius 3 is 2.14 bits per heavy atom. The van der Waals surface area contributed by atoms with Gasteiger partial charge in [0, 0.05) is 49.1 Å². The topological polar surface area (TPSA) is 130 Å². The molecule has 3 aromatic rings. The van der Waals surface area contributed by atoms with Crippen molar-refractivity contribution in [3.8, 4) is 5.69 Å². The second-order valence-corrected chi connectivity index (χ2v) is 14.9. The molecule has 0 radical (unpaired) electrons. The summed E-state index contributed by atoms with van der Waals surface area (Å²) in [6.07, 6.45) is 2.25. The highest BCUT2D eigenvalue weighted by molar-refractivity contribution is 7.86. The maximum absolute atomic E-state index is 13.7. The Kier molecular flexibility index (Phi) is 9.34. The highest BCUT2D eigenvalue weighted by Gasteiger charge is 2.32. The number of amides is 3. The van der Waals surface area contributed by atoms with E-state index in [1.165, 1.54) is 10.9 Å². The number of halogens is 1. The lowest BCUT2D eigenvalue weighted by Crippen LogP contribution is -2.51. The van der Waals surface area contributed by atoms with E-state index in [1.807, 2.05) is 82.5 Å². The molecule has 0 spiro atoms. The van der Waals surface area contributed by atoms with Gasteiger partial charge in [-0.2, -0.15) is 13.5 Å². The molecule has 2 aromatic heterocycles. The Bertz CT molecular complexity index is 1640. The van der Waals surface area contributed by atoms with Crippen LogP contribution in [0.1, 0.15) is 52.8 Å². The first-order valence-corrected chi connectivity index (χ1v) is 16.4. The number of nitrogens with one attached hydrogen (secondary N) is 1. The number of hydrogen-bond donors (Lipinski definition) is 1. The Labute approximate surface area is 264 Å². The molecule has 1 aliphatic rings. The molecule has 0 atom stereocenters. The monoisotopic (exact) mass is 645 g/mol. The van der Waals surface area contributed by atoms with Gasteiger partial charge in [0.15, 0.2) is 5.82 Å². The number of hydroxylamine groups is 1. The van der Waals surface area contributed by atoms with E-state index >= 15 is 0 Å². The highest BCUT2D eigenvalue weighted by Crippen LogP contribution is 2.31. The summed E-state index contributed by atoms with van der Waals surface area (Å²) in [5, 5.41) is 8.15. The van der Waals surface area contributed by atoms with Gasteiger partial charge < -0.3 is 15.1 Å². The first kappa shape index (κ1) is 33.2.